The van der Waals surface area contributed by atoms with Crippen molar-refractivity contribution in [1.29, 1.82) is 0 Å². The lowest BCUT2D eigenvalue weighted by molar-refractivity contribution is -0.137. The van der Waals surface area contributed by atoms with Crippen LogP contribution in [0.4, 0.5) is 23.4 Å². The van der Waals surface area contributed by atoms with Crippen molar-refractivity contribution in [3.63, 3.8) is 0 Å². The number of rotatable bonds is 7. The minimum atomic E-state index is -4.47. The molecule has 0 saturated heterocycles. The number of hydrogen-bond donors (Lipinski definition) is 3. The Morgan fingerprint density at radius 2 is 1.76 bits per heavy atom. The van der Waals surface area contributed by atoms with Gasteiger partial charge in [-0.15, -0.1) is 0 Å². The zero-order valence-electron chi connectivity index (χ0n) is 17.5. The third-order valence-electron chi connectivity index (χ3n) is 5.56. The number of nitrogens with one attached hydrogen (secondary N) is 2. The minimum absolute atomic E-state index is 0.0706. The zero-order valence-corrected chi connectivity index (χ0v) is 17.5. The highest BCUT2D eigenvalue weighted by Gasteiger charge is 2.30. The Hall–Kier alpha value is -3.62. The topological polar surface area (TPSA) is 83.8 Å². The molecule has 5 nitrogen and oxygen atoms in total. The van der Waals surface area contributed by atoms with E-state index in [0.29, 0.717) is 23.7 Å². The molecular formula is C24H22F4N4O. The number of carbonyl (C=O) groups excluding carboxylic acids is 1. The van der Waals surface area contributed by atoms with Gasteiger partial charge in [0.25, 0.3) is 5.91 Å². The van der Waals surface area contributed by atoms with Crippen LogP contribution in [0.3, 0.4) is 0 Å². The molecule has 1 fully saturated rings. The summed E-state index contributed by atoms with van der Waals surface area (Å²) in [5.74, 6) is -0.0971. The van der Waals surface area contributed by atoms with E-state index in [1.54, 1.807) is 18.2 Å². The number of halogens is 4. The number of aromatic amines is 1. The molecular weight excluding hydrogens is 436 g/mol. The van der Waals surface area contributed by atoms with Crippen LogP contribution in [0.2, 0.25) is 0 Å². The molecule has 3 aromatic rings. The van der Waals surface area contributed by atoms with Crippen LogP contribution in [0.1, 0.15) is 47.6 Å². The van der Waals surface area contributed by atoms with E-state index < -0.39 is 17.6 Å². The number of aromatic nitrogens is 2. The first-order valence-electron chi connectivity index (χ1n) is 10.5. The lowest BCUT2D eigenvalue weighted by atomic mass is 9.98. The van der Waals surface area contributed by atoms with Crippen molar-refractivity contribution in [2.24, 2.45) is 5.73 Å². The van der Waals surface area contributed by atoms with Gasteiger partial charge in [0.15, 0.2) is 5.82 Å². The average Bonchev–Trinajstić information content (AvgIpc) is 3.53. The van der Waals surface area contributed by atoms with E-state index in [1.165, 1.54) is 24.3 Å². The maximum absolute atomic E-state index is 13.2. The summed E-state index contributed by atoms with van der Waals surface area (Å²) in [5.41, 5.74) is 7.75. The molecule has 4 rings (SSSR count). The number of carbonyl (C=O) groups is 1. The molecule has 0 radical (unpaired) electrons. The molecule has 1 aliphatic rings. The second-order valence-corrected chi connectivity index (χ2v) is 8.03. The molecule has 1 amide bonds. The van der Waals surface area contributed by atoms with Gasteiger partial charge in [-0.2, -0.15) is 18.3 Å². The Kier molecular flexibility index (Phi) is 6.22. The summed E-state index contributed by atoms with van der Waals surface area (Å²) in [6, 6.07) is 11.9. The van der Waals surface area contributed by atoms with Gasteiger partial charge < -0.3 is 11.1 Å². The average molecular weight is 458 g/mol. The van der Waals surface area contributed by atoms with Crippen LogP contribution in [0.25, 0.3) is 5.70 Å². The first kappa shape index (κ1) is 22.6. The van der Waals surface area contributed by atoms with Gasteiger partial charge in [-0.3, -0.25) is 9.89 Å². The molecule has 33 heavy (non-hydrogen) atoms. The maximum Gasteiger partial charge on any atom is 0.416 e. The number of nitrogens with two attached hydrogens (primary N) is 1. The van der Waals surface area contributed by atoms with Crippen molar-refractivity contribution in [1.82, 2.24) is 10.2 Å². The predicted molar refractivity (Wildman–Crippen MR) is 116 cm³/mol. The molecule has 0 aliphatic heterocycles. The fraction of sp³-hybridized carbons (Fsp3) is 0.250. The number of alkyl halides is 3. The van der Waals surface area contributed by atoms with Gasteiger partial charge in [-0.25, -0.2) is 4.39 Å². The molecule has 172 valence electrons. The van der Waals surface area contributed by atoms with E-state index in [1.807, 2.05) is 0 Å². The van der Waals surface area contributed by atoms with Gasteiger partial charge >= 0.3 is 6.18 Å². The predicted octanol–water partition coefficient (Wildman–Crippen LogP) is 5.39. The fourth-order valence-electron chi connectivity index (χ4n) is 3.50. The number of aryl methyl sites for hydroxylation is 1. The molecule has 0 atom stereocenters. The Balaban J connectivity index is 1.59. The summed E-state index contributed by atoms with van der Waals surface area (Å²) >= 11 is 0. The van der Waals surface area contributed by atoms with Gasteiger partial charge in [0, 0.05) is 28.9 Å². The summed E-state index contributed by atoms with van der Waals surface area (Å²) in [7, 11) is 0. The summed E-state index contributed by atoms with van der Waals surface area (Å²) in [5, 5.41) is 9.73. The van der Waals surface area contributed by atoms with Crippen molar-refractivity contribution in [2.45, 2.75) is 37.8 Å². The van der Waals surface area contributed by atoms with E-state index in [9.17, 15) is 22.4 Å². The SMILES string of the molecule is N/C(=C(/CCc1ccc(F)cc1)C(=O)Nc1cc(C2CC2)[nH]n1)c1ccc(C(F)(F)F)cc1. The third-order valence-corrected chi connectivity index (χ3v) is 5.56. The zero-order chi connectivity index (χ0) is 23.6. The Morgan fingerprint density at radius 3 is 2.36 bits per heavy atom. The van der Waals surface area contributed by atoms with E-state index >= 15 is 0 Å². The Morgan fingerprint density at radius 1 is 1.09 bits per heavy atom. The van der Waals surface area contributed by atoms with Crippen molar-refractivity contribution in [3.05, 3.63) is 88.4 Å². The molecule has 1 aromatic heterocycles. The minimum Gasteiger partial charge on any atom is -0.398 e. The summed E-state index contributed by atoms with van der Waals surface area (Å²) in [4.78, 5) is 13.1. The highest BCUT2D eigenvalue weighted by molar-refractivity contribution is 6.08. The number of amides is 1. The molecule has 0 bridgehead atoms. The van der Waals surface area contributed by atoms with Gasteiger partial charge in [0.2, 0.25) is 0 Å². The number of H-pyrrole nitrogens is 1. The molecule has 1 aliphatic carbocycles. The van der Waals surface area contributed by atoms with E-state index in [2.05, 4.69) is 15.5 Å². The molecule has 0 unspecified atom stereocenters. The number of nitrogens with zero attached hydrogens (tertiary/aromatic N) is 1. The molecule has 1 heterocycles. The second-order valence-electron chi connectivity index (χ2n) is 8.03. The van der Waals surface area contributed by atoms with Crippen LogP contribution in [0.5, 0.6) is 0 Å². The van der Waals surface area contributed by atoms with Crippen LogP contribution in [0, 0.1) is 5.82 Å². The van der Waals surface area contributed by atoms with Crippen molar-refractivity contribution >= 4 is 17.4 Å². The number of anilines is 1. The van der Waals surface area contributed by atoms with Gasteiger partial charge in [0.1, 0.15) is 5.82 Å². The summed E-state index contributed by atoms with van der Waals surface area (Å²) in [6.45, 7) is 0. The number of benzene rings is 2. The normalized spacial score (nSPS) is 14.7. The molecule has 2 aromatic carbocycles. The van der Waals surface area contributed by atoms with Gasteiger partial charge in [-0.05, 0) is 61.1 Å². The Labute approximate surface area is 187 Å². The standard InChI is InChI=1S/C24H22F4N4O/c25-18-10-1-14(2-11-18)3-12-19(22(29)16-6-8-17(9-7-16)24(26,27)28)23(33)30-21-13-20(31-32-21)15-4-5-15/h1-2,6-11,13,15H,3-5,12,29H2,(H2,30,31,32,33)/b22-19-. The van der Waals surface area contributed by atoms with Crippen LogP contribution in [-0.4, -0.2) is 16.1 Å². The number of hydrogen-bond acceptors (Lipinski definition) is 3. The van der Waals surface area contributed by atoms with E-state index in [0.717, 1.165) is 36.2 Å². The first-order valence-corrected chi connectivity index (χ1v) is 10.5. The van der Waals surface area contributed by atoms with Crippen molar-refractivity contribution < 1.29 is 22.4 Å². The van der Waals surface area contributed by atoms with Crippen LogP contribution in [-0.2, 0) is 17.4 Å². The van der Waals surface area contributed by atoms with E-state index in [-0.39, 0.29) is 23.5 Å². The van der Waals surface area contributed by atoms with Gasteiger partial charge in [-0.1, -0.05) is 24.3 Å². The molecule has 4 N–H and O–H groups in total. The maximum atomic E-state index is 13.2. The van der Waals surface area contributed by atoms with Crippen LogP contribution < -0.4 is 11.1 Å². The monoisotopic (exact) mass is 458 g/mol. The van der Waals surface area contributed by atoms with Crippen LogP contribution in [0.15, 0.2) is 60.2 Å². The van der Waals surface area contributed by atoms with Crippen molar-refractivity contribution in [3.8, 4) is 0 Å². The fourth-order valence-corrected chi connectivity index (χ4v) is 3.50. The van der Waals surface area contributed by atoms with Gasteiger partial charge in [0.05, 0.1) is 5.56 Å². The second kappa shape index (κ2) is 9.09. The first-order chi connectivity index (χ1) is 15.7. The molecule has 1 saturated carbocycles. The smallest absolute Gasteiger partial charge is 0.398 e. The van der Waals surface area contributed by atoms with E-state index in [4.69, 9.17) is 5.73 Å². The highest BCUT2D eigenvalue weighted by atomic mass is 19.4. The molecule has 9 heteroatoms. The molecule has 0 spiro atoms. The van der Waals surface area contributed by atoms with Crippen LogP contribution >= 0.6 is 0 Å². The highest BCUT2D eigenvalue weighted by Crippen LogP contribution is 2.39. The lowest BCUT2D eigenvalue weighted by Gasteiger charge is -2.13. The quantitative estimate of drug-likeness (QED) is 0.328. The summed E-state index contributed by atoms with van der Waals surface area (Å²) < 4.78 is 51.9. The Bertz CT molecular complexity index is 1160. The largest absolute Gasteiger partial charge is 0.416 e. The van der Waals surface area contributed by atoms with Crippen molar-refractivity contribution in [2.75, 3.05) is 5.32 Å². The third kappa shape index (κ3) is 5.60. The summed E-state index contributed by atoms with van der Waals surface area (Å²) in [6.07, 6.45) is -1.75. The lowest BCUT2D eigenvalue weighted by Crippen LogP contribution is -2.19.